The molecule has 0 saturated carbocycles. The van der Waals surface area contributed by atoms with E-state index in [0.717, 1.165) is 24.1 Å². The van der Waals surface area contributed by atoms with Gasteiger partial charge in [0.05, 0.1) is 0 Å². The summed E-state index contributed by atoms with van der Waals surface area (Å²) in [6.07, 6.45) is 0.839. The van der Waals surface area contributed by atoms with Crippen LogP contribution in [0.2, 0.25) is 0 Å². The van der Waals surface area contributed by atoms with Crippen LogP contribution in [0, 0.1) is 0 Å². The van der Waals surface area contributed by atoms with Gasteiger partial charge >= 0.3 is 0 Å². The zero-order chi connectivity index (χ0) is 17.7. The van der Waals surface area contributed by atoms with Crippen LogP contribution in [0.25, 0.3) is 0 Å². The zero-order valence-corrected chi connectivity index (χ0v) is 16.3. The second kappa shape index (κ2) is 9.69. The minimum Gasteiger partial charge on any atom is -0.508 e. The summed E-state index contributed by atoms with van der Waals surface area (Å²) >= 11 is 0. The highest BCUT2D eigenvalue weighted by molar-refractivity contribution is 5.85. The maximum atomic E-state index is 10.3. The minimum atomic E-state index is -0.0348. The molecule has 4 heteroatoms. The van der Waals surface area contributed by atoms with Gasteiger partial charge in [-0.3, -0.25) is 4.90 Å². The van der Waals surface area contributed by atoms with Crippen LogP contribution in [0.3, 0.4) is 0 Å². The molecule has 2 rings (SSSR count). The highest BCUT2D eigenvalue weighted by Gasteiger charge is 2.22. The lowest BCUT2D eigenvalue weighted by Crippen LogP contribution is -2.38. The average molecular weight is 364 g/mol. The van der Waals surface area contributed by atoms with Gasteiger partial charge in [-0.25, -0.2) is 0 Å². The van der Waals surface area contributed by atoms with Crippen molar-refractivity contribution in [1.29, 1.82) is 0 Å². The van der Waals surface area contributed by atoms with Crippen molar-refractivity contribution in [3.05, 3.63) is 59.7 Å². The Morgan fingerprint density at radius 2 is 1.16 bits per heavy atom. The van der Waals surface area contributed by atoms with Crippen molar-refractivity contribution < 1.29 is 10.2 Å². The van der Waals surface area contributed by atoms with E-state index in [0.29, 0.717) is 12.1 Å². The molecule has 0 atom stereocenters. The summed E-state index contributed by atoms with van der Waals surface area (Å²) in [4.78, 5) is 2.44. The lowest BCUT2D eigenvalue weighted by Gasteiger charge is -2.32. The van der Waals surface area contributed by atoms with Crippen LogP contribution in [0.4, 0.5) is 0 Å². The Morgan fingerprint density at radius 1 is 0.760 bits per heavy atom. The van der Waals surface area contributed by atoms with E-state index >= 15 is 0 Å². The van der Waals surface area contributed by atoms with E-state index in [9.17, 15) is 10.2 Å². The normalized spacial score (nSPS) is 11.4. The number of halogens is 1. The first-order chi connectivity index (χ1) is 11.4. The molecule has 2 N–H and O–H groups in total. The Balaban J connectivity index is 0.00000312. The van der Waals surface area contributed by atoms with Gasteiger partial charge in [0.2, 0.25) is 0 Å². The SMILES string of the molecule is CC(C)N(CCC(c1ccccc1O)c1ccccc1O)C(C)C.Cl. The largest absolute Gasteiger partial charge is 0.508 e. The summed E-state index contributed by atoms with van der Waals surface area (Å²) in [5.41, 5.74) is 1.73. The average Bonchev–Trinajstić information content (AvgIpc) is 2.53. The van der Waals surface area contributed by atoms with E-state index in [-0.39, 0.29) is 29.8 Å². The summed E-state index contributed by atoms with van der Waals surface area (Å²) in [7, 11) is 0. The molecular formula is C21H30ClNO2. The van der Waals surface area contributed by atoms with E-state index < -0.39 is 0 Å². The van der Waals surface area contributed by atoms with Gasteiger partial charge in [0.1, 0.15) is 11.5 Å². The number of hydrogen-bond acceptors (Lipinski definition) is 3. The fourth-order valence-corrected chi connectivity index (χ4v) is 3.43. The van der Waals surface area contributed by atoms with E-state index in [1.54, 1.807) is 12.1 Å². The van der Waals surface area contributed by atoms with E-state index in [4.69, 9.17) is 0 Å². The zero-order valence-electron chi connectivity index (χ0n) is 15.5. The van der Waals surface area contributed by atoms with Crippen molar-refractivity contribution in [2.45, 2.75) is 52.1 Å². The molecule has 0 spiro atoms. The van der Waals surface area contributed by atoms with Gasteiger partial charge in [0, 0.05) is 29.1 Å². The molecule has 0 bridgehead atoms. The van der Waals surface area contributed by atoms with Crippen molar-refractivity contribution in [2.24, 2.45) is 0 Å². The van der Waals surface area contributed by atoms with Crippen LogP contribution in [-0.2, 0) is 0 Å². The monoisotopic (exact) mass is 363 g/mol. The van der Waals surface area contributed by atoms with Crippen molar-refractivity contribution in [2.75, 3.05) is 6.54 Å². The van der Waals surface area contributed by atoms with Crippen LogP contribution >= 0.6 is 12.4 Å². The Kier molecular flexibility index (Phi) is 8.27. The quantitative estimate of drug-likeness (QED) is 0.714. The van der Waals surface area contributed by atoms with Crippen molar-refractivity contribution in [3.63, 3.8) is 0 Å². The Labute approximate surface area is 157 Å². The van der Waals surface area contributed by atoms with Gasteiger partial charge in [0.15, 0.2) is 0 Å². The molecule has 2 aromatic rings. The predicted molar refractivity (Wildman–Crippen MR) is 107 cm³/mol. The molecule has 0 aliphatic carbocycles. The molecule has 0 aliphatic heterocycles. The van der Waals surface area contributed by atoms with Crippen molar-refractivity contribution in [3.8, 4) is 11.5 Å². The van der Waals surface area contributed by atoms with Gasteiger partial charge in [-0.05, 0) is 52.8 Å². The van der Waals surface area contributed by atoms with Gasteiger partial charge in [0.25, 0.3) is 0 Å². The van der Waals surface area contributed by atoms with Crippen molar-refractivity contribution >= 4 is 12.4 Å². The fraction of sp³-hybridized carbons (Fsp3) is 0.429. The van der Waals surface area contributed by atoms with Crippen LogP contribution < -0.4 is 0 Å². The Morgan fingerprint density at radius 3 is 1.52 bits per heavy atom. The molecule has 0 fully saturated rings. The Bertz CT molecular complexity index is 604. The first-order valence-electron chi connectivity index (χ1n) is 8.73. The van der Waals surface area contributed by atoms with Crippen LogP contribution in [-0.4, -0.2) is 33.7 Å². The lowest BCUT2D eigenvalue weighted by atomic mass is 9.87. The molecule has 25 heavy (non-hydrogen) atoms. The first kappa shape index (κ1) is 21.3. The number of para-hydroxylation sites is 2. The van der Waals surface area contributed by atoms with Crippen LogP contribution in [0.1, 0.15) is 51.2 Å². The third-order valence-electron chi connectivity index (χ3n) is 4.63. The van der Waals surface area contributed by atoms with Gasteiger partial charge in [-0.15, -0.1) is 12.4 Å². The van der Waals surface area contributed by atoms with Gasteiger partial charge < -0.3 is 10.2 Å². The number of phenolic OH excluding ortho intramolecular Hbond substituents is 2. The second-order valence-electron chi connectivity index (χ2n) is 6.88. The number of rotatable bonds is 7. The standard InChI is InChI=1S/C21H29NO2.ClH/c1-15(2)22(16(3)4)14-13-17(18-9-5-7-11-20(18)23)19-10-6-8-12-21(19)24;/h5-12,15-17,23-24H,13-14H2,1-4H3;1H. The van der Waals surface area contributed by atoms with Crippen LogP contribution in [0.5, 0.6) is 11.5 Å². The molecule has 3 nitrogen and oxygen atoms in total. The summed E-state index contributed by atoms with van der Waals surface area (Å²) in [5, 5.41) is 20.6. The molecule has 0 unspecified atom stereocenters. The van der Waals surface area contributed by atoms with E-state index in [1.807, 2.05) is 36.4 Å². The molecule has 2 aromatic carbocycles. The molecule has 0 heterocycles. The smallest absolute Gasteiger partial charge is 0.119 e. The topological polar surface area (TPSA) is 43.7 Å². The number of nitrogens with zero attached hydrogens (tertiary/aromatic N) is 1. The molecule has 138 valence electrons. The van der Waals surface area contributed by atoms with Gasteiger partial charge in [-0.2, -0.15) is 0 Å². The molecule has 0 radical (unpaired) electrons. The summed E-state index contributed by atoms with van der Waals surface area (Å²) in [6.45, 7) is 9.72. The van der Waals surface area contributed by atoms with E-state index in [1.165, 1.54) is 0 Å². The minimum absolute atomic E-state index is 0. The molecule has 0 saturated heterocycles. The second-order valence-corrected chi connectivity index (χ2v) is 6.88. The first-order valence-corrected chi connectivity index (χ1v) is 8.73. The number of phenols is 2. The summed E-state index contributed by atoms with van der Waals surface area (Å²) in [5.74, 6) is 0.533. The lowest BCUT2D eigenvalue weighted by molar-refractivity contribution is 0.170. The van der Waals surface area contributed by atoms with Crippen molar-refractivity contribution in [1.82, 2.24) is 4.90 Å². The fourth-order valence-electron chi connectivity index (χ4n) is 3.43. The highest BCUT2D eigenvalue weighted by Crippen LogP contribution is 2.37. The maximum absolute atomic E-state index is 10.3. The number of benzene rings is 2. The highest BCUT2D eigenvalue weighted by atomic mass is 35.5. The van der Waals surface area contributed by atoms with E-state index in [2.05, 4.69) is 32.6 Å². The number of hydrogen-bond donors (Lipinski definition) is 2. The molecule has 0 aliphatic rings. The molecule has 0 aromatic heterocycles. The summed E-state index contributed by atoms with van der Waals surface area (Å²) < 4.78 is 0. The predicted octanol–water partition coefficient (Wildman–Crippen LogP) is 5.16. The third-order valence-corrected chi connectivity index (χ3v) is 4.63. The van der Waals surface area contributed by atoms with Crippen LogP contribution in [0.15, 0.2) is 48.5 Å². The third kappa shape index (κ3) is 5.38. The summed E-state index contributed by atoms with van der Waals surface area (Å²) in [6, 6.07) is 15.8. The maximum Gasteiger partial charge on any atom is 0.119 e. The molecule has 0 amide bonds. The Hall–Kier alpha value is -1.71. The molecular weight excluding hydrogens is 334 g/mol. The van der Waals surface area contributed by atoms with Gasteiger partial charge in [-0.1, -0.05) is 36.4 Å². The number of aromatic hydroxyl groups is 2.